The first-order valence-electron chi connectivity index (χ1n) is 39.4. The summed E-state index contributed by atoms with van der Waals surface area (Å²) in [6.07, 6.45) is 12.9. The van der Waals surface area contributed by atoms with Crippen LogP contribution in [0.5, 0.6) is 5.75 Å². The SMILES string of the molecule is CS(=O)OCCCCN1c2ccccc2C(C)(C)C1/C=C/C=C/C=C1/N(CCCCCC(=O)NCCCCCC(=O)N2CCCN(C(=O)CCC(C(=O)O)N(CC(=O)O)CC(=O)O)CCN(C(=O)CCC(C(=O)O)N(CC(=O)O)CC(=O)O)CCCN(C(=O)CCC(C(=O)O)N(CC(=O)O)CC(=O)O)CC2)c2ccc(OS(=O)O)cc2C1(C)C. The number of nitrogens with one attached hydrogen (secondary N) is 1. The van der Waals surface area contributed by atoms with Crippen LogP contribution in [0.4, 0.5) is 11.4 Å². The Kier molecular flexibility index (Phi) is 41.2. The van der Waals surface area contributed by atoms with Gasteiger partial charge in [-0.25, -0.2) is 4.21 Å². The third-order valence-electron chi connectivity index (χ3n) is 21.0. The number of carbonyl (C=O) groups is 14. The molecule has 2 aromatic carbocycles. The molecule has 1 fully saturated rings. The highest BCUT2D eigenvalue weighted by Crippen LogP contribution is 2.50. The third-order valence-corrected chi connectivity index (χ3v) is 21.8. The topological polar surface area (TPSA) is 535 Å². The molecule has 5 rings (SSSR count). The average Bonchev–Trinajstić information content (AvgIpc) is 1.60. The quantitative estimate of drug-likeness (QED) is 0.0253. The van der Waals surface area contributed by atoms with Gasteiger partial charge in [0.25, 0.3) is 0 Å². The molecule has 0 radical (unpaired) electrons. The first-order chi connectivity index (χ1) is 56.2. The number of para-hydroxylation sites is 1. The van der Waals surface area contributed by atoms with Crippen LogP contribution in [0.3, 0.4) is 0 Å². The van der Waals surface area contributed by atoms with Crippen molar-refractivity contribution in [2.75, 3.05) is 134 Å². The molecule has 119 heavy (non-hydrogen) atoms. The van der Waals surface area contributed by atoms with Crippen molar-refractivity contribution in [3.8, 4) is 5.75 Å². The van der Waals surface area contributed by atoms with Crippen molar-refractivity contribution in [1.29, 1.82) is 0 Å². The van der Waals surface area contributed by atoms with Gasteiger partial charge in [0.05, 0.1) is 51.9 Å². The maximum Gasteiger partial charge on any atom is 0.357 e. The van der Waals surface area contributed by atoms with E-state index in [0.29, 0.717) is 66.4 Å². The summed E-state index contributed by atoms with van der Waals surface area (Å²) in [5, 5.41) is 90.5. The molecule has 40 heteroatoms. The summed E-state index contributed by atoms with van der Waals surface area (Å²) >= 11 is -3.88. The van der Waals surface area contributed by atoms with E-state index in [1.54, 1.807) is 12.1 Å². The molecule has 11 N–H and O–H groups in total. The van der Waals surface area contributed by atoms with Crippen molar-refractivity contribution in [3.05, 3.63) is 89.7 Å². The zero-order valence-corrected chi connectivity index (χ0v) is 69.5. The average molecular weight is 1720 g/mol. The van der Waals surface area contributed by atoms with Gasteiger partial charge < -0.3 is 84.9 Å². The van der Waals surface area contributed by atoms with Crippen molar-refractivity contribution in [2.24, 2.45) is 0 Å². The van der Waals surface area contributed by atoms with E-state index in [1.165, 1.54) is 37.1 Å². The van der Waals surface area contributed by atoms with Crippen LogP contribution in [0.25, 0.3) is 0 Å². The van der Waals surface area contributed by atoms with Crippen LogP contribution in [0.2, 0.25) is 0 Å². The van der Waals surface area contributed by atoms with E-state index in [9.17, 15) is 126 Å². The summed E-state index contributed by atoms with van der Waals surface area (Å²) in [5.74, 6) is -17.1. The number of carbonyl (C=O) groups excluding carboxylic acids is 5. The van der Waals surface area contributed by atoms with E-state index in [-0.39, 0.29) is 108 Å². The number of carboxylic acids is 9. The second-order valence-corrected chi connectivity index (χ2v) is 32.0. The molecule has 6 unspecified atom stereocenters. The Bertz CT molecular complexity index is 3980. The standard InChI is InChI=1S/C79H114N10O28S2/c1-78(2)55-21-13-14-22-57(55)88(41-17-18-46-116-118(5)113)62(78)23-9-6-10-24-63-79(3,4)56-47-54(117-119(114)115)27-28-58(56)89(63)40-16-8-11-25-64(90)80-35-15-7-12-26-65(91)81-36-19-37-83(67(93)33-30-60(76(109)110)86(50-71(99)100)51-72(101)102)44-45-84(68(94)34-31-61(77(111)112)87(52-73(103)104)53-74(105)106)39-20-38-82(43-42-81)66(92)32-29-59(75(107)108)85(48-69(95)96)49-70(97)98/h6,9-10,13-14,21-24,27-28,47,59-62H,7-8,11-12,15-20,25-26,29-46,48-53H2,1-5H3,(H,80,90)(H,95,96)(H,97,98)(H,99,100)(H,101,102)(H,103,104)(H,105,106)(H,107,108)(H,109,110)(H,111,112)(H,114,115)/b10-6+,23-9+,63-24+. The number of nitrogens with zero attached hydrogens (tertiary/aromatic N) is 9. The highest BCUT2D eigenvalue weighted by molar-refractivity contribution is 7.79. The predicted molar refractivity (Wildman–Crippen MR) is 432 cm³/mol. The Labute approximate surface area is 695 Å². The van der Waals surface area contributed by atoms with Crippen LogP contribution in [-0.4, -0.2) is 325 Å². The molecular formula is C79H114N10O28S2. The summed E-state index contributed by atoms with van der Waals surface area (Å²) in [7, 11) is 0. The number of carboxylic acid groups (broad SMARTS) is 9. The highest BCUT2D eigenvalue weighted by Gasteiger charge is 2.44. The molecule has 6 atom stereocenters. The van der Waals surface area contributed by atoms with Gasteiger partial charge in [-0.2, -0.15) is 4.21 Å². The van der Waals surface area contributed by atoms with Gasteiger partial charge in [0.2, 0.25) is 29.5 Å². The van der Waals surface area contributed by atoms with Crippen molar-refractivity contribution in [1.82, 2.24) is 39.6 Å². The van der Waals surface area contributed by atoms with Crippen LogP contribution in [0, 0.1) is 0 Å². The van der Waals surface area contributed by atoms with Crippen molar-refractivity contribution < 1.29 is 134 Å². The molecular weight excluding hydrogens is 1600 g/mol. The highest BCUT2D eigenvalue weighted by atomic mass is 32.2. The number of unbranched alkanes of at least 4 members (excludes halogenated alkanes) is 5. The lowest BCUT2D eigenvalue weighted by molar-refractivity contribution is -0.152. The molecule has 0 saturated carbocycles. The number of hydrogen-bond acceptors (Lipinski definition) is 23. The smallest absolute Gasteiger partial charge is 0.357 e. The van der Waals surface area contributed by atoms with Crippen LogP contribution in [0.15, 0.2) is 78.5 Å². The van der Waals surface area contributed by atoms with Crippen LogP contribution in [-0.2, 0) is 105 Å². The first kappa shape index (κ1) is 99.3. The molecule has 3 heterocycles. The Morgan fingerprint density at radius 1 is 0.496 bits per heavy atom. The van der Waals surface area contributed by atoms with Gasteiger partial charge >= 0.3 is 65.1 Å². The lowest BCUT2D eigenvalue weighted by Gasteiger charge is -2.33. The van der Waals surface area contributed by atoms with Crippen molar-refractivity contribution >= 4 is 117 Å². The van der Waals surface area contributed by atoms with Crippen molar-refractivity contribution in [3.63, 3.8) is 0 Å². The fourth-order valence-corrected chi connectivity index (χ4v) is 15.8. The van der Waals surface area contributed by atoms with Crippen LogP contribution in [0.1, 0.15) is 154 Å². The molecule has 1 saturated heterocycles. The maximum absolute atomic E-state index is 14.4. The Balaban J connectivity index is 1.29. The molecule has 5 amide bonds. The number of aliphatic carboxylic acids is 9. The van der Waals surface area contributed by atoms with Gasteiger partial charge in [-0.1, -0.05) is 83.0 Å². The molecule has 660 valence electrons. The van der Waals surface area contributed by atoms with Crippen LogP contribution >= 0.6 is 0 Å². The second-order valence-electron chi connectivity index (χ2n) is 30.3. The summed E-state index contributed by atoms with van der Waals surface area (Å²) in [6, 6.07) is 8.27. The molecule has 0 bridgehead atoms. The van der Waals surface area contributed by atoms with Gasteiger partial charge in [-0.3, -0.25) is 90.6 Å². The number of rotatable bonds is 50. The third kappa shape index (κ3) is 32.8. The molecule has 0 aliphatic carbocycles. The van der Waals surface area contributed by atoms with E-state index >= 15 is 0 Å². The van der Waals surface area contributed by atoms with E-state index in [2.05, 4.69) is 73.2 Å². The van der Waals surface area contributed by atoms with E-state index in [4.69, 9.17) is 8.37 Å². The lowest BCUT2D eigenvalue weighted by atomic mass is 9.80. The van der Waals surface area contributed by atoms with Crippen molar-refractivity contribution in [2.45, 2.75) is 178 Å². The fraction of sp³-hybridized carbons (Fsp3) is 0.595. The molecule has 2 aromatic rings. The van der Waals surface area contributed by atoms with E-state index in [0.717, 1.165) is 36.3 Å². The Morgan fingerprint density at radius 3 is 1.36 bits per heavy atom. The lowest BCUT2D eigenvalue weighted by Crippen LogP contribution is -2.49. The number of anilines is 2. The number of fused-ring (bicyclic) bond motifs is 2. The van der Waals surface area contributed by atoms with E-state index < -0.39 is 201 Å². The van der Waals surface area contributed by atoms with Gasteiger partial charge in [0.15, 0.2) is 11.1 Å². The van der Waals surface area contributed by atoms with Gasteiger partial charge in [-0.15, -0.1) is 0 Å². The second kappa shape index (κ2) is 49.3. The number of allylic oxidation sites excluding steroid dienone is 5. The Morgan fingerprint density at radius 2 is 0.924 bits per heavy atom. The van der Waals surface area contributed by atoms with Gasteiger partial charge in [-0.05, 0) is 112 Å². The minimum Gasteiger partial charge on any atom is -0.480 e. The number of benzene rings is 2. The largest absolute Gasteiger partial charge is 0.480 e. The normalized spacial score (nSPS) is 17.4. The molecule has 3 aliphatic rings. The number of amides is 5. The summed E-state index contributed by atoms with van der Waals surface area (Å²) < 4.78 is 43.3. The minimum absolute atomic E-state index is 0.0302. The monoisotopic (exact) mass is 1710 g/mol. The number of hydrogen-bond donors (Lipinski definition) is 11. The minimum atomic E-state index is -2.55. The van der Waals surface area contributed by atoms with Crippen LogP contribution < -0.4 is 19.3 Å². The zero-order chi connectivity index (χ0) is 88.3. The molecule has 0 aromatic heterocycles. The van der Waals surface area contributed by atoms with Gasteiger partial charge in [0, 0.05) is 138 Å². The summed E-state index contributed by atoms with van der Waals surface area (Å²) in [5.41, 5.74) is 4.40. The predicted octanol–water partition coefficient (Wildman–Crippen LogP) is 4.01. The fourth-order valence-electron chi connectivity index (χ4n) is 15.2. The Hall–Kier alpha value is -10.3. The maximum atomic E-state index is 14.4. The molecule has 3 aliphatic heterocycles. The molecule has 38 nitrogen and oxygen atoms in total. The van der Waals surface area contributed by atoms with Gasteiger partial charge in [0.1, 0.15) is 23.9 Å². The molecule has 0 spiro atoms. The summed E-state index contributed by atoms with van der Waals surface area (Å²) in [4.78, 5) is 190. The van der Waals surface area contributed by atoms with E-state index in [1.807, 2.05) is 30.4 Å². The first-order valence-corrected chi connectivity index (χ1v) is 41.9. The zero-order valence-electron chi connectivity index (χ0n) is 67.9. The summed E-state index contributed by atoms with van der Waals surface area (Å²) in [6.45, 7) is 2.41.